The number of hydrogen-bond acceptors (Lipinski definition) is 7. The molecule has 0 atom stereocenters. The van der Waals surface area contributed by atoms with E-state index in [9.17, 15) is 4.79 Å². The highest BCUT2D eigenvalue weighted by molar-refractivity contribution is 5.89. The second-order valence-electron chi connectivity index (χ2n) is 9.94. The molecule has 0 amide bonds. The normalized spacial score (nSPS) is 18.1. The zero-order chi connectivity index (χ0) is 23.9. The van der Waals surface area contributed by atoms with Crippen molar-refractivity contribution in [3.8, 4) is 0 Å². The summed E-state index contributed by atoms with van der Waals surface area (Å²) in [6, 6.07) is 8.05. The summed E-state index contributed by atoms with van der Waals surface area (Å²) in [5, 5.41) is 8.99. The van der Waals surface area contributed by atoms with Gasteiger partial charge in [-0.15, -0.1) is 5.10 Å². The third-order valence-corrected chi connectivity index (χ3v) is 7.71. The summed E-state index contributed by atoms with van der Waals surface area (Å²) >= 11 is 0. The lowest BCUT2D eigenvalue weighted by atomic mass is 9.95. The molecular formula is C26H32N8O. The Bertz CT molecular complexity index is 1410. The minimum atomic E-state index is -0.0916. The molecule has 0 spiro atoms. The third kappa shape index (κ3) is 4.14. The van der Waals surface area contributed by atoms with Gasteiger partial charge in [0.05, 0.1) is 16.8 Å². The van der Waals surface area contributed by atoms with E-state index in [-0.39, 0.29) is 5.56 Å². The van der Waals surface area contributed by atoms with Crippen molar-refractivity contribution < 1.29 is 0 Å². The first kappa shape index (κ1) is 22.0. The summed E-state index contributed by atoms with van der Waals surface area (Å²) in [7, 11) is 1.65. The van der Waals surface area contributed by atoms with Crippen molar-refractivity contribution in [1.82, 2.24) is 29.3 Å². The summed E-state index contributed by atoms with van der Waals surface area (Å²) < 4.78 is 3.41. The second kappa shape index (κ2) is 8.96. The Morgan fingerprint density at radius 2 is 1.77 bits per heavy atom. The van der Waals surface area contributed by atoms with Gasteiger partial charge in [0.1, 0.15) is 11.2 Å². The zero-order valence-corrected chi connectivity index (χ0v) is 20.5. The summed E-state index contributed by atoms with van der Waals surface area (Å²) in [5.41, 5.74) is 5.27. The number of anilines is 2. The lowest BCUT2D eigenvalue weighted by Crippen LogP contribution is -2.49. The summed E-state index contributed by atoms with van der Waals surface area (Å²) in [6.07, 6.45) is 8.41. The van der Waals surface area contributed by atoms with Crippen molar-refractivity contribution in [3.63, 3.8) is 0 Å². The van der Waals surface area contributed by atoms with Crippen LogP contribution in [0.3, 0.4) is 0 Å². The van der Waals surface area contributed by atoms with Crippen LogP contribution in [0.15, 0.2) is 47.7 Å². The fourth-order valence-electron chi connectivity index (χ4n) is 5.66. The molecule has 2 aliphatic rings. The summed E-state index contributed by atoms with van der Waals surface area (Å²) in [4.78, 5) is 24.4. The average Bonchev–Trinajstić information content (AvgIpc) is 3.34. The number of benzene rings is 1. The molecule has 0 aliphatic carbocycles. The molecule has 0 radical (unpaired) electrons. The van der Waals surface area contributed by atoms with E-state index in [1.165, 1.54) is 15.9 Å². The predicted molar refractivity (Wildman–Crippen MR) is 138 cm³/mol. The van der Waals surface area contributed by atoms with Gasteiger partial charge < -0.3 is 14.2 Å². The SMILES string of the molecule is Cc1cc2nccn2cc1N1CCN(CC2CCN(c3cccc4c(=O)n(C)nnc34)CC2)CC1. The summed E-state index contributed by atoms with van der Waals surface area (Å²) in [6.45, 7) is 9.65. The van der Waals surface area contributed by atoms with Crippen molar-refractivity contribution in [2.24, 2.45) is 13.0 Å². The van der Waals surface area contributed by atoms with E-state index in [1.807, 2.05) is 24.5 Å². The lowest BCUT2D eigenvalue weighted by Gasteiger charge is -2.40. The fraction of sp³-hybridized carbons (Fsp3) is 0.462. The predicted octanol–water partition coefficient (Wildman–Crippen LogP) is 2.32. The van der Waals surface area contributed by atoms with Gasteiger partial charge in [0, 0.05) is 71.5 Å². The quantitative estimate of drug-likeness (QED) is 0.451. The van der Waals surface area contributed by atoms with Crippen LogP contribution in [0.5, 0.6) is 0 Å². The van der Waals surface area contributed by atoms with Crippen LogP contribution in [0, 0.1) is 12.8 Å². The van der Waals surface area contributed by atoms with Gasteiger partial charge in [0.25, 0.3) is 5.56 Å². The smallest absolute Gasteiger partial charge is 0.277 e. The average molecular weight is 473 g/mol. The Morgan fingerprint density at radius 3 is 2.57 bits per heavy atom. The maximum Gasteiger partial charge on any atom is 0.277 e. The number of imidazole rings is 1. The molecular weight excluding hydrogens is 440 g/mol. The van der Waals surface area contributed by atoms with Gasteiger partial charge in [-0.1, -0.05) is 11.3 Å². The maximum atomic E-state index is 12.4. The second-order valence-corrected chi connectivity index (χ2v) is 9.94. The highest BCUT2D eigenvalue weighted by Gasteiger charge is 2.26. The topological polar surface area (TPSA) is 74.8 Å². The van der Waals surface area contributed by atoms with Gasteiger partial charge in [-0.2, -0.15) is 0 Å². The van der Waals surface area contributed by atoms with Gasteiger partial charge in [-0.3, -0.25) is 9.69 Å². The molecule has 35 heavy (non-hydrogen) atoms. The van der Waals surface area contributed by atoms with E-state index in [1.54, 1.807) is 7.05 Å². The van der Waals surface area contributed by atoms with Crippen LogP contribution in [0.1, 0.15) is 18.4 Å². The first-order chi connectivity index (χ1) is 17.1. The minimum Gasteiger partial charge on any atom is -0.370 e. The van der Waals surface area contributed by atoms with Crippen LogP contribution in [0.25, 0.3) is 16.6 Å². The van der Waals surface area contributed by atoms with Crippen molar-refractivity contribution in [3.05, 3.63) is 58.8 Å². The van der Waals surface area contributed by atoms with E-state index in [2.05, 4.69) is 59.6 Å². The van der Waals surface area contributed by atoms with Crippen molar-refractivity contribution in [1.29, 1.82) is 0 Å². The largest absolute Gasteiger partial charge is 0.370 e. The molecule has 2 aliphatic heterocycles. The summed E-state index contributed by atoms with van der Waals surface area (Å²) in [5.74, 6) is 0.704. The van der Waals surface area contributed by atoms with Gasteiger partial charge in [-0.05, 0) is 49.4 Å². The van der Waals surface area contributed by atoms with Crippen LogP contribution >= 0.6 is 0 Å². The molecule has 9 nitrogen and oxygen atoms in total. The third-order valence-electron chi connectivity index (χ3n) is 7.71. The first-order valence-corrected chi connectivity index (χ1v) is 12.5. The first-order valence-electron chi connectivity index (χ1n) is 12.5. The number of aromatic nitrogens is 5. The molecule has 1 aromatic carbocycles. The number of aryl methyl sites for hydroxylation is 2. The molecule has 0 bridgehead atoms. The van der Waals surface area contributed by atoms with Crippen LogP contribution in [0.4, 0.5) is 11.4 Å². The Kier molecular flexibility index (Phi) is 5.64. The van der Waals surface area contributed by atoms with Gasteiger partial charge >= 0.3 is 0 Å². The Hall–Kier alpha value is -3.46. The van der Waals surface area contributed by atoms with Gasteiger partial charge in [0.15, 0.2) is 0 Å². The molecule has 0 unspecified atom stereocenters. The number of hydrogen-bond donors (Lipinski definition) is 0. The molecule has 2 fully saturated rings. The molecule has 2 saturated heterocycles. The molecule has 0 N–H and O–H groups in total. The van der Waals surface area contributed by atoms with Gasteiger partial charge in [-0.25, -0.2) is 9.67 Å². The molecule has 182 valence electrons. The number of piperazine rings is 1. The standard InChI is InChI=1S/C26H32N8O/c1-19-16-24-27-8-11-34(24)18-23(19)33-14-12-31(13-15-33)17-20-6-9-32(10-7-20)22-5-3-4-21-25(22)28-29-30(2)26(21)35/h3-5,8,11,16,18,20H,6-7,9-10,12-15,17H2,1-2H3. The van der Waals surface area contributed by atoms with Crippen LogP contribution in [-0.4, -0.2) is 75.1 Å². The lowest BCUT2D eigenvalue weighted by molar-refractivity contribution is 0.201. The van der Waals surface area contributed by atoms with E-state index >= 15 is 0 Å². The monoisotopic (exact) mass is 472 g/mol. The van der Waals surface area contributed by atoms with E-state index in [0.29, 0.717) is 16.8 Å². The Labute approximate surface area is 204 Å². The van der Waals surface area contributed by atoms with Gasteiger partial charge in [0.2, 0.25) is 0 Å². The molecule has 5 heterocycles. The molecule has 0 saturated carbocycles. The van der Waals surface area contributed by atoms with E-state index in [4.69, 9.17) is 0 Å². The molecule has 6 rings (SSSR count). The van der Waals surface area contributed by atoms with Crippen LogP contribution in [0.2, 0.25) is 0 Å². The van der Waals surface area contributed by atoms with Crippen molar-refractivity contribution in [2.45, 2.75) is 19.8 Å². The van der Waals surface area contributed by atoms with Crippen molar-refractivity contribution in [2.75, 3.05) is 55.6 Å². The highest BCUT2D eigenvalue weighted by Crippen LogP contribution is 2.29. The van der Waals surface area contributed by atoms with Crippen LogP contribution in [-0.2, 0) is 7.05 Å². The van der Waals surface area contributed by atoms with Crippen molar-refractivity contribution >= 4 is 27.9 Å². The Morgan fingerprint density at radius 1 is 1.00 bits per heavy atom. The van der Waals surface area contributed by atoms with E-state index in [0.717, 1.165) is 70.0 Å². The number of piperidine rings is 1. The molecule has 9 heteroatoms. The fourth-order valence-corrected chi connectivity index (χ4v) is 5.66. The zero-order valence-electron chi connectivity index (χ0n) is 20.5. The Balaban J connectivity index is 1.05. The number of nitrogens with zero attached hydrogens (tertiary/aromatic N) is 8. The number of fused-ring (bicyclic) bond motifs is 2. The number of rotatable bonds is 4. The number of pyridine rings is 1. The molecule has 4 aromatic rings. The highest BCUT2D eigenvalue weighted by atomic mass is 16.1. The minimum absolute atomic E-state index is 0.0916. The van der Waals surface area contributed by atoms with E-state index < -0.39 is 0 Å². The van der Waals surface area contributed by atoms with Crippen LogP contribution < -0.4 is 15.4 Å². The maximum absolute atomic E-state index is 12.4. The molecule has 3 aromatic heterocycles.